The van der Waals surface area contributed by atoms with Crippen molar-refractivity contribution in [3.8, 4) is 0 Å². The zero-order chi connectivity index (χ0) is 14.6. The molecular formula is C12H16N2O4S. The van der Waals surface area contributed by atoms with Gasteiger partial charge in [0.2, 0.25) is 15.9 Å². The predicted molar refractivity (Wildman–Crippen MR) is 71.2 cm³/mol. The molecule has 0 fully saturated rings. The van der Waals surface area contributed by atoms with Crippen LogP contribution in [0.15, 0.2) is 29.2 Å². The third kappa shape index (κ3) is 4.15. The van der Waals surface area contributed by atoms with E-state index in [1.807, 2.05) is 0 Å². The molecule has 0 saturated carbocycles. The van der Waals surface area contributed by atoms with Crippen molar-refractivity contribution in [2.75, 3.05) is 19.4 Å². The summed E-state index contributed by atoms with van der Waals surface area (Å²) in [5.41, 5.74) is 0.342. The number of hydrogen-bond donors (Lipinski definition) is 1. The van der Waals surface area contributed by atoms with Crippen LogP contribution in [0.2, 0.25) is 0 Å². The van der Waals surface area contributed by atoms with E-state index >= 15 is 0 Å². The second kappa shape index (κ2) is 5.94. The number of amides is 1. The largest absolute Gasteiger partial charge is 0.326 e. The first-order valence-corrected chi connectivity index (χ1v) is 6.99. The number of carbonyl (C=O) groups is 2. The maximum Gasteiger partial charge on any atom is 0.242 e. The molecule has 0 aliphatic heterocycles. The first kappa shape index (κ1) is 15.3. The summed E-state index contributed by atoms with van der Waals surface area (Å²) in [6.45, 7) is 1.31. The zero-order valence-electron chi connectivity index (χ0n) is 11.0. The van der Waals surface area contributed by atoms with Crippen LogP contribution in [0.25, 0.3) is 0 Å². The van der Waals surface area contributed by atoms with Crippen molar-refractivity contribution in [1.82, 2.24) is 4.31 Å². The van der Waals surface area contributed by atoms with Crippen LogP contribution in [0.4, 0.5) is 5.69 Å². The molecule has 0 aromatic heterocycles. The first-order chi connectivity index (χ1) is 8.73. The number of rotatable bonds is 5. The standard InChI is InChI=1S/C12H16N2O4S/c1-9(15)7-12(16)13-10-5-4-6-11(8-10)19(17,18)14(2)3/h4-6,8H,7H2,1-3H3,(H,13,16). The lowest BCUT2D eigenvalue weighted by atomic mass is 10.2. The molecule has 1 aromatic carbocycles. The average molecular weight is 284 g/mol. The van der Waals surface area contributed by atoms with E-state index in [1.54, 1.807) is 6.07 Å². The summed E-state index contributed by atoms with van der Waals surface area (Å²) in [7, 11) is -0.689. The maximum atomic E-state index is 11.9. The molecule has 19 heavy (non-hydrogen) atoms. The number of nitrogens with one attached hydrogen (secondary N) is 1. The third-order valence-corrected chi connectivity index (χ3v) is 4.12. The molecule has 1 amide bonds. The number of nitrogens with zero attached hydrogens (tertiary/aromatic N) is 1. The van der Waals surface area contributed by atoms with E-state index in [0.29, 0.717) is 5.69 Å². The summed E-state index contributed by atoms with van der Waals surface area (Å²) in [5.74, 6) is -0.721. The van der Waals surface area contributed by atoms with Crippen LogP contribution >= 0.6 is 0 Å². The van der Waals surface area contributed by atoms with Crippen molar-refractivity contribution in [3.63, 3.8) is 0 Å². The molecule has 0 unspecified atom stereocenters. The van der Waals surface area contributed by atoms with E-state index in [0.717, 1.165) is 4.31 Å². The number of Topliss-reactive ketones (excluding diaryl/α,β-unsaturated/α-hetero) is 1. The highest BCUT2D eigenvalue weighted by atomic mass is 32.2. The van der Waals surface area contributed by atoms with Crippen molar-refractivity contribution in [1.29, 1.82) is 0 Å². The Hall–Kier alpha value is -1.73. The van der Waals surface area contributed by atoms with Gasteiger partial charge in [-0.15, -0.1) is 0 Å². The Morgan fingerprint density at radius 2 is 1.89 bits per heavy atom. The second-order valence-corrected chi connectivity index (χ2v) is 6.39. The van der Waals surface area contributed by atoms with Gasteiger partial charge < -0.3 is 5.32 Å². The topological polar surface area (TPSA) is 83.5 Å². The Bertz CT molecular complexity index is 594. The Labute approximate surface area is 112 Å². The van der Waals surface area contributed by atoms with Gasteiger partial charge in [0.05, 0.1) is 11.3 Å². The summed E-state index contributed by atoms with van der Waals surface area (Å²) >= 11 is 0. The predicted octanol–water partition coefficient (Wildman–Crippen LogP) is 0.854. The molecule has 0 spiro atoms. The lowest BCUT2D eigenvalue weighted by Crippen LogP contribution is -2.22. The fourth-order valence-electron chi connectivity index (χ4n) is 1.38. The monoisotopic (exact) mass is 284 g/mol. The summed E-state index contributed by atoms with van der Waals surface area (Å²) in [6, 6.07) is 5.88. The van der Waals surface area contributed by atoms with Crippen molar-refractivity contribution >= 4 is 27.4 Å². The fourth-order valence-corrected chi connectivity index (χ4v) is 2.32. The summed E-state index contributed by atoms with van der Waals surface area (Å²) in [5, 5.41) is 2.48. The van der Waals surface area contributed by atoms with E-state index in [-0.39, 0.29) is 17.1 Å². The second-order valence-electron chi connectivity index (χ2n) is 4.24. The molecule has 0 heterocycles. The number of anilines is 1. The minimum atomic E-state index is -3.54. The van der Waals surface area contributed by atoms with Crippen LogP contribution in [0.3, 0.4) is 0 Å². The van der Waals surface area contributed by atoms with E-state index < -0.39 is 15.9 Å². The Balaban J connectivity index is 2.96. The van der Waals surface area contributed by atoms with Gasteiger partial charge >= 0.3 is 0 Å². The minimum Gasteiger partial charge on any atom is -0.326 e. The van der Waals surface area contributed by atoms with E-state index in [2.05, 4.69) is 5.32 Å². The number of ketones is 1. The van der Waals surface area contributed by atoms with Gasteiger partial charge in [-0.2, -0.15) is 0 Å². The van der Waals surface area contributed by atoms with Crippen molar-refractivity contribution in [3.05, 3.63) is 24.3 Å². The van der Waals surface area contributed by atoms with E-state index in [4.69, 9.17) is 0 Å². The minimum absolute atomic E-state index is 0.0816. The lowest BCUT2D eigenvalue weighted by Gasteiger charge is -2.12. The number of sulfonamides is 1. The molecule has 1 N–H and O–H groups in total. The van der Waals surface area contributed by atoms with Crippen LogP contribution in [0.5, 0.6) is 0 Å². The van der Waals surface area contributed by atoms with Gasteiger partial charge in [-0.1, -0.05) is 6.07 Å². The van der Waals surface area contributed by atoms with Gasteiger partial charge in [-0.05, 0) is 25.1 Å². The smallest absolute Gasteiger partial charge is 0.242 e. The van der Waals surface area contributed by atoms with Crippen molar-refractivity contribution < 1.29 is 18.0 Å². The van der Waals surface area contributed by atoms with E-state index in [9.17, 15) is 18.0 Å². The number of carbonyl (C=O) groups excluding carboxylic acids is 2. The van der Waals surface area contributed by atoms with Gasteiger partial charge in [0.15, 0.2) is 0 Å². The molecule has 6 nitrogen and oxygen atoms in total. The van der Waals surface area contributed by atoms with Gasteiger partial charge in [0.25, 0.3) is 0 Å². The Kier molecular flexibility index (Phi) is 4.79. The summed E-state index contributed by atoms with van der Waals surface area (Å²) < 4.78 is 24.9. The molecule has 7 heteroatoms. The van der Waals surface area contributed by atoms with Gasteiger partial charge in [0, 0.05) is 19.8 Å². The molecule has 0 bridgehead atoms. The third-order valence-electron chi connectivity index (χ3n) is 2.31. The lowest BCUT2D eigenvalue weighted by molar-refractivity contribution is -0.124. The molecular weight excluding hydrogens is 268 g/mol. The van der Waals surface area contributed by atoms with Crippen LogP contribution in [-0.4, -0.2) is 38.5 Å². The fraction of sp³-hybridized carbons (Fsp3) is 0.333. The molecule has 0 radical (unpaired) electrons. The highest BCUT2D eigenvalue weighted by Gasteiger charge is 2.17. The number of benzene rings is 1. The Morgan fingerprint density at radius 1 is 1.26 bits per heavy atom. The van der Waals surface area contributed by atoms with Gasteiger partial charge in [-0.25, -0.2) is 12.7 Å². The van der Waals surface area contributed by atoms with Crippen LogP contribution in [0, 0.1) is 0 Å². The van der Waals surface area contributed by atoms with Crippen LogP contribution < -0.4 is 5.32 Å². The molecule has 0 aliphatic rings. The molecule has 0 saturated heterocycles. The SMILES string of the molecule is CC(=O)CC(=O)Nc1cccc(S(=O)(=O)N(C)C)c1. The molecule has 0 atom stereocenters. The quantitative estimate of drug-likeness (QED) is 0.813. The normalized spacial score (nSPS) is 11.4. The van der Waals surface area contributed by atoms with Crippen molar-refractivity contribution in [2.45, 2.75) is 18.2 Å². The summed E-state index contributed by atoms with van der Waals surface area (Å²) in [4.78, 5) is 22.3. The highest BCUT2D eigenvalue weighted by Crippen LogP contribution is 2.18. The molecule has 0 aliphatic carbocycles. The Morgan fingerprint density at radius 3 is 2.42 bits per heavy atom. The van der Waals surface area contributed by atoms with E-state index in [1.165, 1.54) is 39.2 Å². The number of hydrogen-bond acceptors (Lipinski definition) is 4. The summed E-state index contributed by atoms with van der Waals surface area (Å²) in [6.07, 6.45) is -0.231. The van der Waals surface area contributed by atoms with Gasteiger partial charge in [0.1, 0.15) is 5.78 Å². The van der Waals surface area contributed by atoms with Crippen molar-refractivity contribution in [2.24, 2.45) is 0 Å². The highest BCUT2D eigenvalue weighted by molar-refractivity contribution is 7.89. The zero-order valence-corrected chi connectivity index (χ0v) is 11.8. The first-order valence-electron chi connectivity index (χ1n) is 5.55. The van der Waals surface area contributed by atoms with Crippen LogP contribution in [-0.2, 0) is 19.6 Å². The molecule has 104 valence electrons. The van der Waals surface area contributed by atoms with Gasteiger partial charge in [-0.3, -0.25) is 9.59 Å². The maximum absolute atomic E-state index is 11.9. The molecule has 1 rings (SSSR count). The average Bonchev–Trinajstić information content (AvgIpc) is 2.27. The molecule has 1 aromatic rings. The van der Waals surface area contributed by atoms with Crippen LogP contribution in [0.1, 0.15) is 13.3 Å².